The standard InChI is InChI=1S/C4H11NO2.C3H6O2/c5-1-3-7-4-2-6;1-2-3(4)5/h6H,1-5H2;2H2,1H3,(H,4,5). The average molecular weight is 179 g/mol. The molecular weight excluding hydrogens is 162 g/mol. The Labute approximate surface area is 72.1 Å². The van der Waals surface area contributed by atoms with Crippen molar-refractivity contribution in [2.45, 2.75) is 13.3 Å². The maximum atomic E-state index is 9.26. The zero-order chi connectivity index (χ0) is 9.82. The Hall–Kier alpha value is -0.650. The van der Waals surface area contributed by atoms with E-state index in [4.69, 9.17) is 9.84 Å². The van der Waals surface area contributed by atoms with Gasteiger partial charge in [0.05, 0.1) is 26.4 Å². The highest BCUT2D eigenvalue weighted by Gasteiger charge is 1.80. The molecule has 0 aliphatic heterocycles. The molecule has 0 aromatic rings. The molecule has 0 bridgehead atoms. The van der Waals surface area contributed by atoms with E-state index < -0.39 is 5.97 Å². The summed E-state index contributed by atoms with van der Waals surface area (Å²) in [5.41, 5.74) is 3.55. The molecule has 0 heterocycles. The summed E-state index contributed by atoms with van der Waals surface area (Å²) in [6.45, 7) is 3.52. The van der Waals surface area contributed by atoms with E-state index in [2.05, 4.69) is 5.73 Å². The first-order valence-corrected chi connectivity index (χ1v) is 3.86. The molecule has 0 aromatic heterocycles. The molecule has 0 rings (SSSR count). The van der Waals surface area contributed by atoms with Gasteiger partial charge in [-0.3, -0.25) is 0 Å². The van der Waals surface area contributed by atoms with Gasteiger partial charge in [-0.1, -0.05) is 6.92 Å². The minimum atomic E-state index is -0.995. The first-order valence-electron chi connectivity index (χ1n) is 3.86. The maximum absolute atomic E-state index is 9.26. The SMILES string of the molecule is CCC(=O)[O-].[NH3+]CCOCCO. The quantitative estimate of drug-likeness (QED) is 0.452. The van der Waals surface area contributed by atoms with Gasteiger partial charge < -0.3 is 25.5 Å². The molecule has 0 aliphatic rings. The van der Waals surface area contributed by atoms with E-state index >= 15 is 0 Å². The molecule has 0 saturated heterocycles. The topological polar surface area (TPSA) is 97.2 Å². The van der Waals surface area contributed by atoms with E-state index in [0.717, 1.165) is 6.54 Å². The Bertz CT molecular complexity index is 93.4. The number of carbonyl (C=O) groups is 1. The number of aliphatic hydroxyl groups is 1. The van der Waals surface area contributed by atoms with E-state index in [9.17, 15) is 9.90 Å². The monoisotopic (exact) mass is 179 g/mol. The van der Waals surface area contributed by atoms with Crippen molar-refractivity contribution in [2.24, 2.45) is 0 Å². The molecule has 4 N–H and O–H groups in total. The Morgan fingerprint density at radius 1 is 1.58 bits per heavy atom. The summed E-state index contributed by atoms with van der Waals surface area (Å²) in [4.78, 5) is 9.26. The van der Waals surface area contributed by atoms with Crippen LogP contribution in [0.25, 0.3) is 0 Å². The lowest BCUT2D eigenvalue weighted by Gasteiger charge is -1.93. The zero-order valence-corrected chi connectivity index (χ0v) is 7.41. The normalized spacial score (nSPS) is 8.58. The molecule has 0 atom stereocenters. The predicted octanol–water partition coefficient (Wildman–Crippen LogP) is -2.62. The van der Waals surface area contributed by atoms with Crippen molar-refractivity contribution in [3.05, 3.63) is 0 Å². The fraction of sp³-hybridized carbons (Fsp3) is 0.857. The number of hydrogen-bond donors (Lipinski definition) is 2. The van der Waals surface area contributed by atoms with E-state index in [1.807, 2.05) is 0 Å². The van der Waals surface area contributed by atoms with Crippen molar-refractivity contribution in [1.29, 1.82) is 0 Å². The van der Waals surface area contributed by atoms with Crippen molar-refractivity contribution in [1.82, 2.24) is 0 Å². The summed E-state index contributed by atoms with van der Waals surface area (Å²) in [6.07, 6.45) is 0.111. The highest BCUT2D eigenvalue weighted by atomic mass is 16.5. The van der Waals surface area contributed by atoms with Crippen LogP contribution in [0.1, 0.15) is 13.3 Å². The molecule has 74 valence electrons. The minimum absolute atomic E-state index is 0.111. The molecular formula is C7H17NO4. The molecule has 0 aliphatic carbocycles. The number of ether oxygens (including phenoxy) is 1. The summed E-state index contributed by atoms with van der Waals surface area (Å²) < 4.78 is 4.82. The van der Waals surface area contributed by atoms with Crippen molar-refractivity contribution < 1.29 is 25.5 Å². The summed E-state index contributed by atoms with van der Waals surface area (Å²) in [5, 5.41) is 17.4. The van der Waals surface area contributed by atoms with Gasteiger partial charge >= 0.3 is 0 Å². The fourth-order valence-corrected chi connectivity index (χ4v) is 0.269. The largest absolute Gasteiger partial charge is 0.550 e. The van der Waals surface area contributed by atoms with E-state index in [-0.39, 0.29) is 13.0 Å². The van der Waals surface area contributed by atoms with Gasteiger partial charge in [0, 0.05) is 5.97 Å². The number of aliphatic hydroxyl groups excluding tert-OH is 1. The van der Waals surface area contributed by atoms with Gasteiger partial charge in [0.15, 0.2) is 0 Å². The fourth-order valence-electron chi connectivity index (χ4n) is 0.269. The van der Waals surface area contributed by atoms with Crippen LogP contribution in [0.15, 0.2) is 0 Å². The number of hydrogen-bond acceptors (Lipinski definition) is 4. The van der Waals surface area contributed by atoms with Crippen LogP contribution in [0.5, 0.6) is 0 Å². The van der Waals surface area contributed by atoms with E-state index in [1.54, 1.807) is 0 Å². The van der Waals surface area contributed by atoms with Crippen LogP contribution in [-0.4, -0.2) is 37.4 Å². The van der Waals surface area contributed by atoms with Crippen molar-refractivity contribution in [3.8, 4) is 0 Å². The zero-order valence-electron chi connectivity index (χ0n) is 7.41. The van der Waals surface area contributed by atoms with Gasteiger partial charge in [0.25, 0.3) is 0 Å². The number of carboxylic acids is 1. The van der Waals surface area contributed by atoms with Gasteiger partial charge in [-0.15, -0.1) is 0 Å². The number of carboxylic acid groups (broad SMARTS) is 1. The second kappa shape index (κ2) is 13.0. The van der Waals surface area contributed by atoms with Crippen molar-refractivity contribution in [3.63, 3.8) is 0 Å². The Balaban J connectivity index is 0. The molecule has 0 radical (unpaired) electrons. The summed E-state index contributed by atoms with van der Waals surface area (Å²) in [5.74, 6) is -0.995. The number of carbonyl (C=O) groups excluding carboxylic acids is 1. The molecule has 5 heteroatoms. The lowest BCUT2D eigenvalue weighted by molar-refractivity contribution is -0.374. The predicted molar refractivity (Wildman–Crippen MR) is 41.0 cm³/mol. The van der Waals surface area contributed by atoms with Crippen LogP contribution in [0.2, 0.25) is 0 Å². The first-order chi connectivity index (χ1) is 5.68. The smallest absolute Gasteiger partial charge is 0.0977 e. The Morgan fingerprint density at radius 2 is 2.08 bits per heavy atom. The van der Waals surface area contributed by atoms with Crippen molar-refractivity contribution >= 4 is 5.97 Å². The lowest BCUT2D eigenvalue weighted by atomic mass is 10.5. The number of quaternary nitrogens is 1. The van der Waals surface area contributed by atoms with Crippen LogP contribution in [-0.2, 0) is 9.53 Å². The third-order valence-electron chi connectivity index (χ3n) is 0.813. The highest BCUT2D eigenvalue weighted by Crippen LogP contribution is 1.66. The molecule has 0 unspecified atom stereocenters. The van der Waals surface area contributed by atoms with E-state index in [0.29, 0.717) is 13.2 Å². The Kier molecular flexibility index (Phi) is 15.0. The molecule has 0 amide bonds. The van der Waals surface area contributed by atoms with Crippen LogP contribution in [0, 0.1) is 0 Å². The maximum Gasteiger partial charge on any atom is 0.0977 e. The molecule has 0 fully saturated rings. The third kappa shape index (κ3) is 22.8. The van der Waals surface area contributed by atoms with E-state index in [1.165, 1.54) is 6.92 Å². The van der Waals surface area contributed by atoms with Crippen LogP contribution >= 0.6 is 0 Å². The molecule has 0 aromatic carbocycles. The summed E-state index contributed by atoms with van der Waals surface area (Å²) in [6, 6.07) is 0. The summed E-state index contributed by atoms with van der Waals surface area (Å²) in [7, 11) is 0. The molecule has 0 spiro atoms. The second-order valence-electron chi connectivity index (χ2n) is 1.92. The molecule has 12 heavy (non-hydrogen) atoms. The van der Waals surface area contributed by atoms with Gasteiger partial charge in [-0.05, 0) is 6.42 Å². The highest BCUT2D eigenvalue weighted by molar-refractivity contribution is 5.63. The van der Waals surface area contributed by atoms with Crippen LogP contribution in [0.4, 0.5) is 0 Å². The number of aliphatic carboxylic acids is 1. The summed E-state index contributed by atoms with van der Waals surface area (Å²) >= 11 is 0. The number of rotatable bonds is 5. The van der Waals surface area contributed by atoms with Gasteiger partial charge in [0.1, 0.15) is 0 Å². The Morgan fingerprint density at radius 3 is 2.33 bits per heavy atom. The minimum Gasteiger partial charge on any atom is -0.550 e. The van der Waals surface area contributed by atoms with Gasteiger partial charge in [-0.25, -0.2) is 0 Å². The second-order valence-corrected chi connectivity index (χ2v) is 1.92. The third-order valence-corrected chi connectivity index (χ3v) is 0.813. The van der Waals surface area contributed by atoms with Gasteiger partial charge in [0.2, 0.25) is 0 Å². The van der Waals surface area contributed by atoms with Crippen LogP contribution in [0.3, 0.4) is 0 Å². The molecule has 0 saturated carbocycles. The average Bonchev–Trinajstić information content (AvgIpc) is 2.07. The van der Waals surface area contributed by atoms with Crippen LogP contribution < -0.4 is 10.8 Å². The first kappa shape index (κ1) is 13.9. The van der Waals surface area contributed by atoms with Gasteiger partial charge in [-0.2, -0.15) is 0 Å². The van der Waals surface area contributed by atoms with Crippen molar-refractivity contribution in [2.75, 3.05) is 26.4 Å². The molecule has 5 nitrogen and oxygen atoms in total. The lowest BCUT2D eigenvalue weighted by Crippen LogP contribution is -2.52.